The summed E-state index contributed by atoms with van der Waals surface area (Å²) in [6.45, 7) is 1.21. The number of hydrogen-bond acceptors (Lipinski definition) is 4. The molecule has 3 aliphatic rings. The first-order valence-electron chi connectivity index (χ1n) is 5.61. The van der Waals surface area contributed by atoms with E-state index >= 15 is 0 Å². The SMILES string of the molecule is Brc1ccc2c(c1)C1=NO[C@@H]3COC[C@H](O2)C13. The van der Waals surface area contributed by atoms with Crippen LogP contribution >= 0.6 is 15.9 Å². The van der Waals surface area contributed by atoms with Crippen molar-refractivity contribution in [3.05, 3.63) is 28.2 Å². The minimum atomic E-state index is 0.0101. The van der Waals surface area contributed by atoms with Gasteiger partial charge in [0, 0.05) is 10.0 Å². The van der Waals surface area contributed by atoms with Crippen molar-refractivity contribution in [2.24, 2.45) is 11.1 Å². The lowest BCUT2D eigenvalue weighted by atomic mass is 9.84. The summed E-state index contributed by atoms with van der Waals surface area (Å²) >= 11 is 3.47. The normalized spacial score (nSPS) is 33.0. The number of oxime groups is 1. The second-order valence-electron chi connectivity index (χ2n) is 4.48. The van der Waals surface area contributed by atoms with Gasteiger partial charge in [0.2, 0.25) is 0 Å². The van der Waals surface area contributed by atoms with Crippen molar-refractivity contribution in [3.8, 4) is 5.75 Å². The van der Waals surface area contributed by atoms with Crippen molar-refractivity contribution < 1.29 is 14.3 Å². The van der Waals surface area contributed by atoms with Crippen LogP contribution in [0.2, 0.25) is 0 Å². The van der Waals surface area contributed by atoms with Crippen molar-refractivity contribution in [1.29, 1.82) is 0 Å². The zero-order chi connectivity index (χ0) is 11.4. The van der Waals surface area contributed by atoms with E-state index in [1.807, 2.05) is 18.2 Å². The molecule has 1 aromatic rings. The van der Waals surface area contributed by atoms with E-state index in [9.17, 15) is 0 Å². The van der Waals surface area contributed by atoms with Gasteiger partial charge in [-0.05, 0) is 18.2 Å². The fourth-order valence-corrected chi connectivity index (χ4v) is 3.05. The monoisotopic (exact) mass is 295 g/mol. The molecular formula is C12H10BrNO3. The van der Waals surface area contributed by atoms with Crippen LogP contribution in [0.15, 0.2) is 27.8 Å². The van der Waals surface area contributed by atoms with Gasteiger partial charge >= 0.3 is 0 Å². The molecule has 0 N–H and O–H groups in total. The first-order chi connectivity index (χ1) is 8.33. The lowest BCUT2D eigenvalue weighted by molar-refractivity contribution is -0.0967. The minimum Gasteiger partial charge on any atom is -0.486 e. The molecule has 17 heavy (non-hydrogen) atoms. The van der Waals surface area contributed by atoms with Crippen LogP contribution in [-0.2, 0) is 9.57 Å². The fourth-order valence-electron chi connectivity index (χ4n) is 2.68. The van der Waals surface area contributed by atoms with E-state index < -0.39 is 0 Å². The highest BCUT2D eigenvalue weighted by Gasteiger charge is 2.48. The molecule has 0 amide bonds. The Labute approximate surface area is 107 Å². The number of hydrogen-bond donors (Lipinski definition) is 0. The summed E-state index contributed by atoms with van der Waals surface area (Å²) in [5, 5.41) is 4.22. The van der Waals surface area contributed by atoms with Gasteiger partial charge in [-0.1, -0.05) is 21.1 Å². The van der Waals surface area contributed by atoms with Crippen LogP contribution in [0.1, 0.15) is 5.56 Å². The quantitative estimate of drug-likeness (QED) is 0.735. The van der Waals surface area contributed by atoms with E-state index in [4.69, 9.17) is 14.3 Å². The molecule has 4 nitrogen and oxygen atoms in total. The summed E-state index contributed by atoms with van der Waals surface area (Å²) in [6, 6.07) is 5.96. The topological polar surface area (TPSA) is 40.0 Å². The highest BCUT2D eigenvalue weighted by Crippen LogP contribution is 2.40. The van der Waals surface area contributed by atoms with Crippen molar-refractivity contribution in [2.45, 2.75) is 12.2 Å². The Balaban J connectivity index is 1.87. The minimum absolute atomic E-state index is 0.0101. The maximum Gasteiger partial charge on any atom is 0.162 e. The maximum absolute atomic E-state index is 5.96. The van der Waals surface area contributed by atoms with Crippen molar-refractivity contribution in [3.63, 3.8) is 0 Å². The molecule has 88 valence electrons. The molecule has 0 radical (unpaired) electrons. The molecule has 1 saturated heterocycles. The first kappa shape index (κ1) is 9.91. The highest BCUT2D eigenvalue weighted by atomic mass is 79.9. The number of benzene rings is 1. The molecule has 5 heteroatoms. The molecule has 1 unspecified atom stereocenters. The lowest BCUT2D eigenvalue weighted by Crippen LogP contribution is -2.50. The number of halogens is 1. The zero-order valence-electron chi connectivity index (χ0n) is 8.93. The first-order valence-corrected chi connectivity index (χ1v) is 6.40. The van der Waals surface area contributed by atoms with E-state index in [1.54, 1.807) is 0 Å². The number of nitrogens with zero attached hydrogens (tertiary/aromatic N) is 1. The molecule has 0 aliphatic carbocycles. The molecule has 3 aliphatic heterocycles. The predicted octanol–water partition coefficient (Wildman–Crippen LogP) is 1.96. The molecular weight excluding hydrogens is 286 g/mol. The van der Waals surface area contributed by atoms with Gasteiger partial charge in [-0.25, -0.2) is 0 Å². The highest BCUT2D eigenvalue weighted by molar-refractivity contribution is 9.10. The summed E-state index contributed by atoms with van der Waals surface area (Å²) < 4.78 is 12.5. The van der Waals surface area contributed by atoms with Crippen LogP contribution < -0.4 is 4.74 Å². The maximum atomic E-state index is 5.96. The average molecular weight is 296 g/mol. The fraction of sp³-hybridized carbons (Fsp3) is 0.417. The van der Waals surface area contributed by atoms with Gasteiger partial charge in [0.25, 0.3) is 0 Å². The average Bonchev–Trinajstić information content (AvgIpc) is 2.77. The molecule has 0 bridgehead atoms. The third-order valence-corrected chi connectivity index (χ3v) is 3.96. The third-order valence-electron chi connectivity index (χ3n) is 3.46. The molecule has 1 aromatic carbocycles. The standard InChI is InChI=1S/C12H10BrNO3/c13-6-1-2-8-7(3-6)12-11-9(16-8)4-15-5-10(11)17-14-12/h1-3,9-11H,4-5H2/t9-,10+,11?/m0/s1. The van der Waals surface area contributed by atoms with Crippen LogP contribution in [0.4, 0.5) is 0 Å². The molecule has 0 saturated carbocycles. The van der Waals surface area contributed by atoms with Crippen molar-refractivity contribution in [1.82, 2.24) is 0 Å². The van der Waals surface area contributed by atoms with Gasteiger partial charge in [0.05, 0.1) is 19.1 Å². The van der Waals surface area contributed by atoms with Gasteiger partial charge in [-0.15, -0.1) is 0 Å². The zero-order valence-corrected chi connectivity index (χ0v) is 10.5. The smallest absolute Gasteiger partial charge is 0.162 e. The van der Waals surface area contributed by atoms with Crippen LogP contribution in [-0.4, -0.2) is 31.1 Å². The summed E-state index contributed by atoms with van der Waals surface area (Å²) in [6.07, 6.45) is 0.0413. The Morgan fingerprint density at radius 2 is 2.12 bits per heavy atom. The van der Waals surface area contributed by atoms with Gasteiger partial charge in [-0.3, -0.25) is 0 Å². The molecule has 4 rings (SSSR count). The third kappa shape index (κ3) is 1.35. The summed E-state index contributed by atoms with van der Waals surface area (Å²) in [4.78, 5) is 5.44. The van der Waals surface area contributed by atoms with E-state index in [2.05, 4.69) is 21.1 Å². The van der Waals surface area contributed by atoms with Gasteiger partial charge in [0.1, 0.15) is 17.6 Å². The molecule has 3 heterocycles. The molecule has 0 spiro atoms. The molecule has 1 fully saturated rings. The lowest BCUT2D eigenvalue weighted by Gasteiger charge is -2.36. The number of rotatable bonds is 0. The number of ether oxygens (including phenoxy) is 2. The van der Waals surface area contributed by atoms with Crippen molar-refractivity contribution >= 4 is 21.6 Å². The molecule has 0 aromatic heterocycles. The largest absolute Gasteiger partial charge is 0.486 e. The summed E-state index contributed by atoms with van der Waals surface area (Å²) in [7, 11) is 0. The van der Waals surface area contributed by atoms with Gasteiger partial charge < -0.3 is 14.3 Å². The van der Waals surface area contributed by atoms with E-state index in [0.29, 0.717) is 13.2 Å². The van der Waals surface area contributed by atoms with Crippen LogP contribution in [0.25, 0.3) is 0 Å². The van der Waals surface area contributed by atoms with Crippen LogP contribution in [0, 0.1) is 5.92 Å². The van der Waals surface area contributed by atoms with E-state index in [1.165, 1.54) is 0 Å². The Kier molecular flexibility index (Phi) is 2.02. The van der Waals surface area contributed by atoms with Crippen molar-refractivity contribution in [2.75, 3.05) is 13.2 Å². The second kappa shape index (κ2) is 3.46. The Morgan fingerprint density at radius 1 is 1.24 bits per heavy atom. The van der Waals surface area contributed by atoms with Crippen LogP contribution in [0.3, 0.4) is 0 Å². The Hall–Kier alpha value is -1.07. The summed E-state index contributed by atoms with van der Waals surface area (Å²) in [5.74, 6) is 1.08. The van der Waals surface area contributed by atoms with Crippen LogP contribution in [0.5, 0.6) is 5.75 Å². The number of fused-ring (bicyclic) bond motifs is 2. The predicted molar refractivity (Wildman–Crippen MR) is 64.3 cm³/mol. The second-order valence-corrected chi connectivity index (χ2v) is 5.40. The van der Waals surface area contributed by atoms with E-state index in [0.717, 1.165) is 21.5 Å². The van der Waals surface area contributed by atoms with E-state index in [-0.39, 0.29) is 18.1 Å². The Morgan fingerprint density at radius 3 is 3.06 bits per heavy atom. The molecule has 3 atom stereocenters. The van der Waals surface area contributed by atoms with Gasteiger partial charge in [0.15, 0.2) is 6.10 Å². The Bertz CT molecular complexity index is 516. The van der Waals surface area contributed by atoms with Gasteiger partial charge in [-0.2, -0.15) is 0 Å². The summed E-state index contributed by atoms with van der Waals surface area (Å²) in [5.41, 5.74) is 2.04.